The average Bonchev–Trinajstić information content (AvgIpc) is 3.75. The molecule has 3 aliphatic rings. The Bertz CT molecular complexity index is 2480. The van der Waals surface area contributed by atoms with Gasteiger partial charge in [0.15, 0.2) is 0 Å². The highest BCUT2D eigenvalue weighted by Crippen LogP contribution is 2.33. The Morgan fingerprint density at radius 2 is 1.79 bits per heavy atom. The molecule has 1 saturated carbocycles. The first-order valence-electron chi connectivity index (χ1n) is 20.4. The van der Waals surface area contributed by atoms with Crippen molar-refractivity contribution in [2.75, 3.05) is 36.9 Å². The molecular formula is C43H51N11O4. The van der Waals surface area contributed by atoms with E-state index in [9.17, 15) is 24.4 Å². The van der Waals surface area contributed by atoms with E-state index in [4.69, 9.17) is 0 Å². The predicted molar refractivity (Wildman–Crippen MR) is 222 cm³/mol. The number of nitriles is 1. The molecule has 58 heavy (non-hydrogen) atoms. The number of pyridine rings is 2. The van der Waals surface area contributed by atoms with E-state index >= 15 is 0 Å². The first kappa shape index (κ1) is 38.8. The van der Waals surface area contributed by atoms with Gasteiger partial charge in [-0.05, 0) is 96.0 Å². The lowest BCUT2D eigenvalue weighted by molar-refractivity contribution is -0.135. The van der Waals surface area contributed by atoms with Gasteiger partial charge in [0, 0.05) is 81.3 Å². The van der Waals surface area contributed by atoms with Gasteiger partial charge in [0.05, 0.1) is 33.5 Å². The van der Waals surface area contributed by atoms with Gasteiger partial charge in [0.1, 0.15) is 23.6 Å². The summed E-state index contributed by atoms with van der Waals surface area (Å²) in [6.07, 6.45) is 11.5. The van der Waals surface area contributed by atoms with Gasteiger partial charge in [-0.2, -0.15) is 5.26 Å². The fourth-order valence-corrected chi connectivity index (χ4v) is 9.22. The van der Waals surface area contributed by atoms with Crippen LogP contribution in [0.5, 0.6) is 0 Å². The fraction of sp³-hybridized carbons (Fsp3) is 0.465. The van der Waals surface area contributed by atoms with Crippen LogP contribution < -0.4 is 26.5 Å². The molecule has 15 nitrogen and oxygen atoms in total. The minimum Gasteiger partial charge on any atom is -0.382 e. The zero-order valence-electron chi connectivity index (χ0n) is 33.6. The van der Waals surface area contributed by atoms with E-state index in [2.05, 4.69) is 54.9 Å². The molecule has 3 N–H and O–H groups in total. The molecule has 4 aromatic heterocycles. The summed E-state index contributed by atoms with van der Waals surface area (Å²) in [6.45, 7) is 6.80. The van der Waals surface area contributed by atoms with Crippen molar-refractivity contribution in [3.63, 3.8) is 0 Å². The van der Waals surface area contributed by atoms with Crippen LogP contribution in [0.2, 0.25) is 0 Å². The highest BCUT2D eigenvalue weighted by atomic mass is 16.2. The highest BCUT2D eigenvalue weighted by Gasteiger charge is 2.33. The third-order valence-corrected chi connectivity index (χ3v) is 12.2. The molecule has 0 spiro atoms. The van der Waals surface area contributed by atoms with Gasteiger partial charge in [0.2, 0.25) is 11.8 Å². The SMILES string of the molecule is CC(C)Nc1cc(-n2ccc3cc(C#N)cnc32)ncc1C(=O)NC1CCC(CN(C)C2CCN(c3cccc4c3n(C)c(=O)n4C3CCC(=O)NC3=O)CC2)CC1. The molecule has 1 aliphatic carbocycles. The molecule has 3 amide bonds. The molecule has 8 rings (SSSR count). The number of anilines is 2. The van der Waals surface area contributed by atoms with Gasteiger partial charge in [-0.1, -0.05) is 6.07 Å². The van der Waals surface area contributed by atoms with Crippen molar-refractivity contribution >= 4 is 51.2 Å². The van der Waals surface area contributed by atoms with Crippen LogP contribution in [0, 0.1) is 17.2 Å². The summed E-state index contributed by atoms with van der Waals surface area (Å²) in [5.74, 6) is 0.329. The second kappa shape index (κ2) is 16.1. The van der Waals surface area contributed by atoms with Crippen LogP contribution >= 0.6 is 0 Å². The van der Waals surface area contributed by atoms with Crippen molar-refractivity contribution in [2.45, 2.75) is 89.4 Å². The summed E-state index contributed by atoms with van der Waals surface area (Å²) in [7, 11) is 3.99. The second-order valence-electron chi connectivity index (χ2n) is 16.5. The number of carbonyl (C=O) groups excluding carboxylic acids is 3. The summed E-state index contributed by atoms with van der Waals surface area (Å²) in [5.41, 5.74) is 4.67. The molecule has 0 bridgehead atoms. The van der Waals surface area contributed by atoms with E-state index in [0.717, 1.165) is 74.7 Å². The zero-order chi connectivity index (χ0) is 40.7. The molecule has 5 aromatic rings. The van der Waals surface area contributed by atoms with Gasteiger partial charge in [-0.25, -0.2) is 14.8 Å². The number of nitrogens with zero attached hydrogens (tertiary/aromatic N) is 8. The standard InChI is InChI=1S/C43H51N11O4/c1-26(2)47-33-21-37(53-19-14-29-20-28(22-44)23-46-40(29)53)45-24-32(33)41(56)48-30-10-8-27(9-11-30)25-50(3)31-15-17-52(18-16-31)34-6-5-7-35-39(34)51(4)43(58)54(35)36-12-13-38(55)49-42(36)57/h5-7,14,19-21,23-24,26-27,30-31,36H,8-13,15-18,25H2,1-4H3,(H,45,47)(H,48,56)(H,49,55,57). The number of benzene rings is 1. The first-order chi connectivity index (χ1) is 28.0. The van der Waals surface area contributed by atoms with Crippen molar-refractivity contribution in [2.24, 2.45) is 13.0 Å². The van der Waals surface area contributed by atoms with Crippen molar-refractivity contribution in [3.8, 4) is 11.9 Å². The molecule has 302 valence electrons. The number of piperidine rings is 2. The van der Waals surface area contributed by atoms with E-state index < -0.39 is 11.9 Å². The average molecular weight is 786 g/mol. The lowest BCUT2D eigenvalue weighted by Crippen LogP contribution is -2.46. The molecule has 2 saturated heterocycles. The molecule has 1 atom stereocenters. The maximum atomic E-state index is 13.7. The van der Waals surface area contributed by atoms with Gasteiger partial charge in [-0.15, -0.1) is 0 Å². The monoisotopic (exact) mass is 785 g/mol. The minimum atomic E-state index is -0.706. The Labute approximate surface area is 337 Å². The normalized spacial score (nSPS) is 20.5. The number of hydrogen-bond donors (Lipinski definition) is 3. The Morgan fingerprint density at radius 1 is 1.02 bits per heavy atom. The van der Waals surface area contributed by atoms with E-state index in [1.165, 1.54) is 0 Å². The number of rotatable bonds is 10. The highest BCUT2D eigenvalue weighted by molar-refractivity contribution is 6.01. The maximum absolute atomic E-state index is 13.7. The van der Waals surface area contributed by atoms with Gasteiger partial charge in [0.25, 0.3) is 5.91 Å². The third-order valence-electron chi connectivity index (χ3n) is 12.2. The summed E-state index contributed by atoms with van der Waals surface area (Å²) >= 11 is 0. The summed E-state index contributed by atoms with van der Waals surface area (Å²) in [5, 5.41) is 19.2. The number of fused-ring (bicyclic) bond motifs is 2. The number of imidazole rings is 1. The number of aromatic nitrogens is 5. The van der Waals surface area contributed by atoms with Crippen LogP contribution in [0.15, 0.2) is 59.8 Å². The van der Waals surface area contributed by atoms with Crippen LogP contribution in [0.25, 0.3) is 27.9 Å². The smallest absolute Gasteiger partial charge is 0.329 e. The lowest BCUT2D eigenvalue weighted by Gasteiger charge is -2.40. The van der Waals surface area contributed by atoms with E-state index in [-0.39, 0.29) is 36.0 Å². The van der Waals surface area contributed by atoms with Gasteiger partial charge < -0.3 is 20.4 Å². The van der Waals surface area contributed by atoms with Gasteiger partial charge >= 0.3 is 5.69 Å². The summed E-state index contributed by atoms with van der Waals surface area (Å²) in [6, 6.07) is 13.5. The van der Waals surface area contributed by atoms with Crippen molar-refractivity contribution in [3.05, 3.63) is 76.6 Å². The third kappa shape index (κ3) is 7.56. The number of aryl methyl sites for hydroxylation is 1. The predicted octanol–water partition coefficient (Wildman–Crippen LogP) is 4.63. The number of nitrogens with one attached hydrogen (secondary N) is 3. The van der Waals surface area contributed by atoms with Crippen LogP contribution in [0.4, 0.5) is 11.4 Å². The van der Waals surface area contributed by atoms with Crippen LogP contribution in [-0.4, -0.2) is 91.1 Å². The molecule has 2 aliphatic heterocycles. The minimum absolute atomic E-state index is 0.0966. The molecule has 6 heterocycles. The van der Waals surface area contributed by atoms with Crippen LogP contribution in [0.1, 0.15) is 87.2 Å². The molecular weight excluding hydrogens is 735 g/mol. The molecule has 0 radical (unpaired) electrons. The fourth-order valence-electron chi connectivity index (χ4n) is 9.22. The van der Waals surface area contributed by atoms with Crippen molar-refractivity contribution in [1.29, 1.82) is 5.26 Å². The number of imide groups is 1. The lowest BCUT2D eigenvalue weighted by atomic mass is 9.85. The van der Waals surface area contributed by atoms with Crippen LogP contribution in [0.3, 0.4) is 0 Å². The number of amides is 3. The zero-order valence-corrected chi connectivity index (χ0v) is 33.6. The van der Waals surface area contributed by atoms with E-state index in [0.29, 0.717) is 52.2 Å². The van der Waals surface area contributed by atoms with Crippen molar-refractivity contribution < 1.29 is 14.4 Å². The molecule has 1 unspecified atom stereocenters. The molecule has 1 aromatic carbocycles. The number of hydrogen-bond acceptors (Lipinski definition) is 10. The van der Waals surface area contributed by atoms with Crippen molar-refractivity contribution in [1.82, 2.24) is 39.2 Å². The summed E-state index contributed by atoms with van der Waals surface area (Å²) in [4.78, 5) is 65.7. The Morgan fingerprint density at radius 3 is 2.52 bits per heavy atom. The quantitative estimate of drug-likeness (QED) is 0.169. The Balaban J connectivity index is 0.855. The van der Waals surface area contributed by atoms with E-state index in [1.54, 1.807) is 34.6 Å². The largest absolute Gasteiger partial charge is 0.382 e. The number of para-hydroxylation sites is 1. The second-order valence-corrected chi connectivity index (χ2v) is 16.5. The molecule has 15 heteroatoms. The number of carbonyl (C=O) groups is 3. The Kier molecular flexibility index (Phi) is 10.8. The maximum Gasteiger partial charge on any atom is 0.329 e. The Hall–Kier alpha value is -6.01. The first-order valence-corrected chi connectivity index (χ1v) is 20.4. The topological polar surface area (TPSA) is 175 Å². The molecule has 3 fully saturated rings. The van der Waals surface area contributed by atoms with Gasteiger partial charge in [-0.3, -0.25) is 33.4 Å². The van der Waals surface area contributed by atoms with E-state index in [1.807, 2.05) is 48.9 Å². The van der Waals surface area contributed by atoms with Crippen LogP contribution in [-0.2, 0) is 16.6 Å². The summed E-state index contributed by atoms with van der Waals surface area (Å²) < 4.78 is 5.05.